The molecular formula is C18H36N2S. The van der Waals surface area contributed by atoms with Gasteiger partial charge in [-0.2, -0.15) is 11.8 Å². The van der Waals surface area contributed by atoms with Crippen molar-refractivity contribution >= 4 is 11.8 Å². The number of unbranched alkanes of at least 4 members (excludes halogenated alkanes) is 5. The molecule has 2 bridgehead atoms. The highest BCUT2D eigenvalue weighted by atomic mass is 32.2. The van der Waals surface area contributed by atoms with E-state index in [0.717, 1.165) is 23.6 Å². The van der Waals surface area contributed by atoms with Crippen molar-refractivity contribution in [2.24, 2.45) is 17.6 Å². The Kier molecular flexibility index (Phi) is 7.90. The molecule has 3 aliphatic heterocycles. The van der Waals surface area contributed by atoms with Crippen LogP contribution in [0.3, 0.4) is 0 Å². The number of rotatable bonds is 10. The summed E-state index contributed by atoms with van der Waals surface area (Å²) in [5.41, 5.74) is 5.91. The number of nitrogens with zero attached hydrogens (tertiary/aromatic N) is 1. The van der Waals surface area contributed by atoms with Crippen molar-refractivity contribution in [3.05, 3.63) is 0 Å². The maximum atomic E-state index is 5.91. The lowest BCUT2D eigenvalue weighted by atomic mass is 9.74. The molecule has 3 heterocycles. The Morgan fingerprint density at radius 2 is 1.95 bits per heavy atom. The van der Waals surface area contributed by atoms with Gasteiger partial charge in [-0.25, -0.2) is 0 Å². The molecule has 0 amide bonds. The third-order valence-corrected chi connectivity index (χ3v) is 7.08. The first kappa shape index (κ1) is 17.6. The van der Waals surface area contributed by atoms with Crippen LogP contribution in [-0.4, -0.2) is 41.6 Å². The van der Waals surface area contributed by atoms with Crippen molar-refractivity contribution in [3.8, 4) is 0 Å². The monoisotopic (exact) mass is 312 g/mol. The summed E-state index contributed by atoms with van der Waals surface area (Å²) < 4.78 is 0. The van der Waals surface area contributed by atoms with Crippen LogP contribution in [0.1, 0.15) is 65.2 Å². The molecule has 21 heavy (non-hydrogen) atoms. The largest absolute Gasteiger partial charge is 0.329 e. The minimum absolute atomic E-state index is 0.691. The van der Waals surface area contributed by atoms with Gasteiger partial charge in [0.25, 0.3) is 0 Å². The number of piperidine rings is 3. The molecule has 0 aromatic carbocycles. The Labute approximate surface area is 136 Å². The van der Waals surface area contributed by atoms with Gasteiger partial charge in [0.15, 0.2) is 0 Å². The highest BCUT2D eigenvalue weighted by Gasteiger charge is 2.41. The van der Waals surface area contributed by atoms with Gasteiger partial charge < -0.3 is 5.73 Å². The third kappa shape index (κ3) is 5.14. The molecule has 0 aromatic rings. The quantitative estimate of drug-likeness (QED) is 0.615. The van der Waals surface area contributed by atoms with E-state index in [2.05, 4.69) is 30.5 Å². The number of nitrogens with two attached hydrogens (primary N) is 1. The second-order valence-electron chi connectivity index (χ2n) is 7.18. The van der Waals surface area contributed by atoms with Crippen molar-refractivity contribution in [1.29, 1.82) is 0 Å². The molecule has 0 saturated carbocycles. The van der Waals surface area contributed by atoms with Crippen molar-refractivity contribution in [1.82, 2.24) is 4.90 Å². The SMILES string of the molecule is CCCCCCCCSC(C)C1CN2CCC1CC2CN. The van der Waals surface area contributed by atoms with Gasteiger partial charge in [-0.05, 0) is 43.4 Å². The molecule has 0 radical (unpaired) electrons. The van der Waals surface area contributed by atoms with Crippen LogP contribution in [-0.2, 0) is 0 Å². The van der Waals surface area contributed by atoms with E-state index < -0.39 is 0 Å². The summed E-state index contributed by atoms with van der Waals surface area (Å²) >= 11 is 2.24. The molecule has 2 nitrogen and oxygen atoms in total. The van der Waals surface area contributed by atoms with E-state index in [-0.39, 0.29) is 0 Å². The van der Waals surface area contributed by atoms with E-state index >= 15 is 0 Å². The summed E-state index contributed by atoms with van der Waals surface area (Å²) in [6.07, 6.45) is 11.3. The maximum absolute atomic E-state index is 5.91. The summed E-state index contributed by atoms with van der Waals surface area (Å²) in [5.74, 6) is 3.25. The van der Waals surface area contributed by atoms with Gasteiger partial charge in [0.1, 0.15) is 0 Å². The molecular weight excluding hydrogens is 276 g/mol. The predicted octanol–water partition coefficient (Wildman–Crippen LogP) is 4.14. The van der Waals surface area contributed by atoms with Gasteiger partial charge in [0.2, 0.25) is 0 Å². The molecule has 0 aromatic heterocycles. The fourth-order valence-electron chi connectivity index (χ4n) is 4.23. The summed E-state index contributed by atoms with van der Waals surface area (Å²) in [6.45, 7) is 8.25. The first-order valence-corrected chi connectivity index (χ1v) is 10.4. The lowest BCUT2D eigenvalue weighted by Crippen LogP contribution is -2.57. The van der Waals surface area contributed by atoms with Crippen LogP contribution in [0.4, 0.5) is 0 Å². The van der Waals surface area contributed by atoms with Gasteiger partial charge in [-0.3, -0.25) is 4.90 Å². The second kappa shape index (κ2) is 9.42. The van der Waals surface area contributed by atoms with Gasteiger partial charge in [-0.1, -0.05) is 46.0 Å². The van der Waals surface area contributed by atoms with E-state index in [1.54, 1.807) is 0 Å². The topological polar surface area (TPSA) is 29.3 Å². The zero-order valence-corrected chi connectivity index (χ0v) is 15.0. The molecule has 3 aliphatic rings. The third-order valence-electron chi connectivity index (χ3n) is 5.68. The normalized spacial score (nSPS) is 33.3. The minimum Gasteiger partial charge on any atom is -0.329 e. The van der Waals surface area contributed by atoms with Crippen molar-refractivity contribution in [2.75, 3.05) is 25.4 Å². The molecule has 0 aliphatic carbocycles. The first-order valence-electron chi connectivity index (χ1n) is 9.32. The molecule has 3 rings (SSSR count). The molecule has 124 valence electrons. The van der Waals surface area contributed by atoms with E-state index in [1.807, 2.05) is 0 Å². The number of hydrogen-bond acceptors (Lipinski definition) is 3. The molecule has 3 heteroatoms. The Morgan fingerprint density at radius 3 is 2.62 bits per heavy atom. The molecule has 3 saturated heterocycles. The van der Waals surface area contributed by atoms with E-state index in [1.165, 1.54) is 70.2 Å². The highest BCUT2D eigenvalue weighted by molar-refractivity contribution is 7.99. The molecule has 2 N–H and O–H groups in total. The van der Waals surface area contributed by atoms with Crippen molar-refractivity contribution in [2.45, 2.75) is 76.5 Å². The highest BCUT2D eigenvalue weighted by Crippen LogP contribution is 2.40. The zero-order chi connectivity index (χ0) is 15.1. The molecule has 5 unspecified atom stereocenters. The minimum atomic E-state index is 0.691. The van der Waals surface area contributed by atoms with Crippen LogP contribution in [0.2, 0.25) is 0 Å². The lowest BCUT2D eigenvalue weighted by molar-refractivity contribution is 0.00597. The van der Waals surface area contributed by atoms with E-state index in [0.29, 0.717) is 6.04 Å². The number of hydrogen-bond donors (Lipinski definition) is 1. The Balaban J connectivity index is 1.60. The van der Waals surface area contributed by atoms with E-state index in [9.17, 15) is 0 Å². The molecule has 0 spiro atoms. The predicted molar refractivity (Wildman–Crippen MR) is 95.9 cm³/mol. The zero-order valence-electron chi connectivity index (χ0n) is 14.2. The van der Waals surface area contributed by atoms with Gasteiger partial charge in [0, 0.05) is 24.4 Å². The standard InChI is InChI=1S/C18H36N2S/c1-3-4-5-6-7-8-11-21-15(2)18-14-20-10-9-16(18)12-17(20)13-19/h15-18H,3-14,19H2,1-2H3. The Bertz CT molecular complexity index is 284. The molecule has 5 atom stereocenters. The lowest BCUT2D eigenvalue weighted by Gasteiger charge is -2.51. The Hall–Kier alpha value is 0.270. The van der Waals surface area contributed by atoms with Crippen LogP contribution in [0, 0.1) is 11.8 Å². The van der Waals surface area contributed by atoms with Crippen molar-refractivity contribution < 1.29 is 0 Å². The average molecular weight is 313 g/mol. The average Bonchev–Trinajstić information content (AvgIpc) is 2.54. The molecule has 3 fully saturated rings. The first-order chi connectivity index (χ1) is 10.3. The second-order valence-corrected chi connectivity index (χ2v) is 8.66. The van der Waals surface area contributed by atoms with Crippen LogP contribution >= 0.6 is 11.8 Å². The van der Waals surface area contributed by atoms with Gasteiger partial charge >= 0.3 is 0 Å². The number of thioether (sulfide) groups is 1. The maximum Gasteiger partial charge on any atom is 0.0221 e. The van der Waals surface area contributed by atoms with Gasteiger partial charge in [-0.15, -0.1) is 0 Å². The number of fused-ring (bicyclic) bond motifs is 3. The van der Waals surface area contributed by atoms with Crippen LogP contribution in [0.25, 0.3) is 0 Å². The fourth-order valence-corrected chi connectivity index (χ4v) is 5.53. The van der Waals surface area contributed by atoms with Crippen LogP contribution in [0.15, 0.2) is 0 Å². The Morgan fingerprint density at radius 1 is 1.19 bits per heavy atom. The van der Waals surface area contributed by atoms with Crippen LogP contribution in [0.5, 0.6) is 0 Å². The van der Waals surface area contributed by atoms with E-state index in [4.69, 9.17) is 5.73 Å². The summed E-state index contributed by atoms with van der Waals surface area (Å²) in [4.78, 5) is 2.67. The van der Waals surface area contributed by atoms with Crippen LogP contribution < -0.4 is 5.73 Å². The summed E-state index contributed by atoms with van der Waals surface area (Å²) in [5, 5.41) is 0.840. The fraction of sp³-hybridized carbons (Fsp3) is 1.00. The van der Waals surface area contributed by atoms with Gasteiger partial charge in [0.05, 0.1) is 0 Å². The summed E-state index contributed by atoms with van der Waals surface area (Å²) in [6, 6.07) is 0.691. The smallest absolute Gasteiger partial charge is 0.0221 e. The van der Waals surface area contributed by atoms with Crippen molar-refractivity contribution in [3.63, 3.8) is 0 Å². The summed E-state index contributed by atoms with van der Waals surface area (Å²) in [7, 11) is 0.